The lowest BCUT2D eigenvalue weighted by Gasteiger charge is -2.16. The van der Waals surface area contributed by atoms with Gasteiger partial charge in [-0.2, -0.15) is 5.26 Å². The van der Waals surface area contributed by atoms with Crippen LogP contribution in [0.15, 0.2) is 18.5 Å². The van der Waals surface area contributed by atoms with Crippen LogP contribution in [0.4, 0.5) is 0 Å². The third-order valence-electron chi connectivity index (χ3n) is 5.00. The van der Waals surface area contributed by atoms with Gasteiger partial charge in [-0.1, -0.05) is 13.3 Å². The predicted molar refractivity (Wildman–Crippen MR) is 82.1 cm³/mol. The molecule has 112 valence electrons. The molecule has 1 aliphatic rings. The fourth-order valence-electron chi connectivity index (χ4n) is 3.94. The first-order valence-electron chi connectivity index (χ1n) is 7.85. The molecule has 0 radical (unpaired) electrons. The van der Waals surface area contributed by atoms with Crippen LogP contribution in [-0.4, -0.2) is 24.6 Å². The molecule has 3 aromatic rings. The lowest BCUT2D eigenvalue weighted by Crippen LogP contribution is -2.09. The molecule has 0 spiro atoms. The second kappa shape index (κ2) is 5.09. The lowest BCUT2D eigenvalue weighted by molar-refractivity contribution is 0.445. The van der Waals surface area contributed by atoms with Crippen molar-refractivity contribution in [3.63, 3.8) is 0 Å². The summed E-state index contributed by atoms with van der Waals surface area (Å²) in [6.45, 7) is 2.23. The molecule has 1 aliphatic carbocycles. The van der Waals surface area contributed by atoms with Gasteiger partial charge in [0.2, 0.25) is 0 Å². The van der Waals surface area contributed by atoms with Gasteiger partial charge in [-0.15, -0.1) is 10.2 Å². The van der Waals surface area contributed by atoms with Crippen LogP contribution in [-0.2, 0) is 0 Å². The van der Waals surface area contributed by atoms with Crippen LogP contribution in [0.2, 0.25) is 0 Å². The Morgan fingerprint density at radius 2 is 2.32 bits per heavy atom. The van der Waals surface area contributed by atoms with Crippen LogP contribution in [0.1, 0.15) is 44.3 Å². The fourth-order valence-corrected chi connectivity index (χ4v) is 3.94. The number of rotatable bonds is 3. The van der Waals surface area contributed by atoms with Crippen molar-refractivity contribution in [3.8, 4) is 6.07 Å². The molecule has 0 amide bonds. The van der Waals surface area contributed by atoms with Gasteiger partial charge in [0.15, 0.2) is 11.3 Å². The SMILES string of the molecule is CC[C@@H]1C[C@H](CC#N)C[C@@H]1c1nnc2cnc3[nH]ccc3n12. The van der Waals surface area contributed by atoms with Crippen LogP contribution >= 0.6 is 0 Å². The highest BCUT2D eigenvalue weighted by molar-refractivity contribution is 5.74. The van der Waals surface area contributed by atoms with Gasteiger partial charge < -0.3 is 4.98 Å². The third-order valence-corrected chi connectivity index (χ3v) is 5.00. The van der Waals surface area contributed by atoms with E-state index in [1.54, 1.807) is 6.20 Å². The number of nitrogens with one attached hydrogen (secondary N) is 1. The zero-order chi connectivity index (χ0) is 15.1. The van der Waals surface area contributed by atoms with Gasteiger partial charge >= 0.3 is 0 Å². The van der Waals surface area contributed by atoms with Crippen LogP contribution in [0.25, 0.3) is 16.8 Å². The summed E-state index contributed by atoms with van der Waals surface area (Å²) in [4.78, 5) is 7.51. The van der Waals surface area contributed by atoms with E-state index < -0.39 is 0 Å². The summed E-state index contributed by atoms with van der Waals surface area (Å²) in [6.07, 6.45) is 7.56. The number of nitrogens with zero attached hydrogens (tertiary/aromatic N) is 5. The van der Waals surface area contributed by atoms with Crippen LogP contribution in [0.3, 0.4) is 0 Å². The quantitative estimate of drug-likeness (QED) is 0.804. The van der Waals surface area contributed by atoms with Crippen molar-refractivity contribution in [3.05, 3.63) is 24.3 Å². The van der Waals surface area contributed by atoms with Gasteiger partial charge in [0.25, 0.3) is 0 Å². The van der Waals surface area contributed by atoms with Crippen LogP contribution in [0.5, 0.6) is 0 Å². The van der Waals surface area contributed by atoms with Crippen LogP contribution < -0.4 is 0 Å². The fraction of sp³-hybridized carbons (Fsp3) is 0.500. The Kier molecular flexibility index (Phi) is 3.07. The molecule has 3 aromatic heterocycles. The van der Waals surface area contributed by atoms with Crippen molar-refractivity contribution >= 4 is 16.8 Å². The molecule has 0 aromatic carbocycles. The Bertz CT molecular complexity index is 854. The highest BCUT2D eigenvalue weighted by atomic mass is 15.3. The minimum atomic E-state index is 0.374. The van der Waals surface area contributed by atoms with E-state index in [1.165, 1.54) is 0 Å². The van der Waals surface area contributed by atoms with E-state index in [9.17, 15) is 0 Å². The lowest BCUT2D eigenvalue weighted by atomic mass is 9.93. The van der Waals surface area contributed by atoms with Crippen molar-refractivity contribution < 1.29 is 0 Å². The van der Waals surface area contributed by atoms with Crippen molar-refractivity contribution in [1.82, 2.24) is 24.6 Å². The van der Waals surface area contributed by atoms with Gasteiger partial charge in [0, 0.05) is 18.5 Å². The van der Waals surface area contributed by atoms with Gasteiger partial charge in [0.05, 0.1) is 17.8 Å². The molecule has 6 nitrogen and oxygen atoms in total. The zero-order valence-corrected chi connectivity index (χ0v) is 12.5. The second-order valence-electron chi connectivity index (χ2n) is 6.20. The number of nitriles is 1. The van der Waals surface area contributed by atoms with E-state index >= 15 is 0 Å². The van der Waals surface area contributed by atoms with E-state index in [0.717, 1.165) is 41.9 Å². The largest absolute Gasteiger partial charge is 0.345 e. The van der Waals surface area contributed by atoms with E-state index in [-0.39, 0.29) is 0 Å². The molecule has 0 unspecified atom stereocenters. The normalized spacial score (nSPS) is 25.0. The molecule has 3 heterocycles. The molecule has 22 heavy (non-hydrogen) atoms. The summed E-state index contributed by atoms with van der Waals surface area (Å²) in [7, 11) is 0. The van der Waals surface area contributed by atoms with Gasteiger partial charge in [0.1, 0.15) is 5.82 Å². The predicted octanol–water partition coefficient (Wildman–Crippen LogP) is 3.04. The van der Waals surface area contributed by atoms with Crippen molar-refractivity contribution in [1.29, 1.82) is 5.26 Å². The highest BCUT2D eigenvalue weighted by Crippen LogP contribution is 2.45. The van der Waals surface area contributed by atoms with E-state index in [4.69, 9.17) is 5.26 Å². The Morgan fingerprint density at radius 1 is 1.41 bits per heavy atom. The molecular formula is C16H18N6. The zero-order valence-electron chi connectivity index (χ0n) is 12.5. The summed E-state index contributed by atoms with van der Waals surface area (Å²) >= 11 is 0. The molecule has 4 rings (SSSR count). The molecule has 0 saturated heterocycles. The maximum absolute atomic E-state index is 8.99. The number of aromatic nitrogens is 5. The molecule has 1 N–H and O–H groups in total. The Hall–Kier alpha value is -2.42. The number of hydrogen-bond donors (Lipinski definition) is 1. The third kappa shape index (κ3) is 1.89. The molecular weight excluding hydrogens is 276 g/mol. The summed E-state index contributed by atoms with van der Waals surface area (Å²) in [5.74, 6) is 2.46. The standard InChI is InChI=1S/C16H18N6/c1-2-11-7-10(3-5-17)8-12(11)16-21-20-14-9-19-15-13(22(14)16)4-6-18-15/h4,6,9-12,18H,2-3,7-8H2,1H3/t10-,11+,12-/m0/s1. The minimum absolute atomic E-state index is 0.374. The van der Waals surface area contributed by atoms with E-state index in [0.29, 0.717) is 24.2 Å². The average Bonchev–Trinajstić information content (AvgIpc) is 3.23. The number of H-pyrrole nitrogens is 1. The molecule has 6 heteroatoms. The smallest absolute Gasteiger partial charge is 0.179 e. The van der Waals surface area contributed by atoms with Gasteiger partial charge in [-0.25, -0.2) is 4.98 Å². The maximum atomic E-state index is 8.99. The first kappa shape index (κ1) is 13.3. The summed E-state index contributed by atoms with van der Waals surface area (Å²) in [6, 6.07) is 4.34. The number of fused-ring (bicyclic) bond motifs is 3. The van der Waals surface area contributed by atoms with Crippen LogP contribution in [0, 0.1) is 23.2 Å². The van der Waals surface area contributed by atoms with Gasteiger partial charge in [-0.3, -0.25) is 4.40 Å². The first-order chi connectivity index (χ1) is 10.8. The second-order valence-corrected chi connectivity index (χ2v) is 6.20. The molecule has 1 fully saturated rings. The minimum Gasteiger partial charge on any atom is -0.345 e. The Labute approximate surface area is 128 Å². The Balaban J connectivity index is 1.83. The molecule has 0 bridgehead atoms. The van der Waals surface area contributed by atoms with Crippen molar-refractivity contribution in [2.75, 3.05) is 0 Å². The number of hydrogen-bond acceptors (Lipinski definition) is 4. The monoisotopic (exact) mass is 294 g/mol. The summed E-state index contributed by atoms with van der Waals surface area (Å²) in [5.41, 5.74) is 2.67. The average molecular weight is 294 g/mol. The van der Waals surface area contributed by atoms with Crippen molar-refractivity contribution in [2.45, 2.75) is 38.5 Å². The molecule has 1 saturated carbocycles. The number of aromatic amines is 1. The van der Waals surface area contributed by atoms with E-state index in [1.807, 2.05) is 12.3 Å². The maximum Gasteiger partial charge on any atom is 0.179 e. The van der Waals surface area contributed by atoms with Crippen molar-refractivity contribution in [2.24, 2.45) is 11.8 Å². The molecule has 0 aliphatic heterocycles. The molecule has 3 atom stereocenters. The summed E-state index contributed by atoms with van der Waals surface area (Å²) < 4.78 is 2.13. The van der Waals surface area contributed by atoms with E-state index in [2.05, 4.69) is 37.6 Å². The Morgan fingerprint density at radius 3 is 3.14 bits per heavy atom. The first-order valence-corrected chi connectivity index (χ1v) is 7.85. The summed E-state index contributed by atoms with van der Waals surface area (Å²) in [5, 5.41) is 17.8. The topological polar surface area (TPSA) is 82.7 Å². The van der Waals surface area contributed by atoms with Gasteiger partial charge in [-0.05, 0) is 30.7 Å². The highest BCUT2D eigenvalue weighted by Gasteiger charge is 2.36.